The number of hydrogen-bond donors (Lipinski definition) is 0. The SMILES string of the molecule is CC(C)C(=O)c1cc2cncnn2c1. The zero-order valence-electron chi connectivity index (χ0n) is 8.14. The van der Waals surface area contributed by atoms with E-state index in [1.165, 1.54) is 6.33 Å². The van der Waals surface area contributed by atoms with E-state index in [-0.39, 0.29) is 11.7 Å². The highest BCUT2D eigenvalue weighted by Gasteiger charge is 2.12. The lowest BCUT2D eigenvalue weighted by atomic mass is 10.0. The van der Waals surface area contributed by atoms with Gasteiger partial charge in [-0.3, -0.25) is 4.79 Å². The van der Waals surface area contributed by atoms with Crippen molar-refractivity contribution in [1.82, 2.24) is 14.6 Å². The van der Waals surface area contributed by atoms with Gasteiger partial charge in [0.1, 0.15) is 6.33 Å². The number of ketones is 1. The van der Waals surface area contributed by atoms with Crippen molar-refractivity contribution < 1.29 is 4.79 Å². The lowest BCUT2D eigenvalue weighted by molar-refractivity contribution is 0.0939. The number of nitrogens with zero attached hydrogens (tertiary/aromatic N) is 3. The van der Waals surface area contributed by atoms with Gasteiger partial charge in [-0.1, -0.05) is 13.8 Å². The molecule has 14 heavy (non-hydrogen) atoms. The molecular formula is C10H11N3O. The molecule has 4 heteroatoms. The maximum Gasteiger partial charge on any atom is 0.167 e. The highest BCUT2D eigenvalue weighted by molar-refractivity contribution is 5.98. The van der Waals surface area contributed by atoms with E-state index in [0.717, 1.165) is 5.52 Å². The topological polar surface area (TPSA) is 47.3 Å². The molecule has 2 heterocycles. The average molecular weight is 189 g/mol. The number of carbonyl (C=O) groups is 1. The first-order valence-corrected chi connectivity index (χ1v) is 4.51. The minimum Gasteiger partial charge on any atom is -0.294 e. The van der Waals surface area contributed by atoms with Crippen molar-refractivity contribution in [2.24, 2.45) is 5.92 Å². The summed E-state index contributed by atoms with van der Waals surface area (Å²) in [6, 6.07) is 1.81. The van der Waals surface area contributed by atoms with E-state index in [1.54, 1.807) is 16.9 Å². The van der Waals surface area contributed by atoms with Crippen molar-refractivity contribution in [2.75, 3.05) is 0 Å². The lowest BCUT2D eigenvalue weighted by Gasteiger charge is -1.98. The van der Waals surface area contributed by atoms with Gasteiger partial charge in [-0.25, -0.2) is 9.50 Å². The minimum atomic E-state index is 0.0142. The van der Waals surface area contributed by atoms with E-state index >= 15 is 0 Å². The molecule has 72 valence electrons. The van der Waals surface area contributed by atoms with Gasteiger partial charge in [0.15, 0.2) is 5.78 Å². The van der Waals surface area contributed by atoms with Gasteiger partial charge in [-0.05, 0) is 6.07 Å². The van der Waals surface area contributed by atoms with Crippen molar-refractivity contribution in [3.63, 3.8) is 0 Å². The van der Waals surface area contributed by atoms with Crippen molar-refractivity contribution in [1.29, 1.82) is 0 Å². The molecule has 0 amide bonds. The van der Waals surface area contributed by atoms with Crippen LogP contribution >= 0.6 is 0 Å². The number of aromatic nitrogens is 3. The summed E-state index contributed by atoms with van der Waals surface area (Å²) in [6.45, 7) is 3.77. The molecule has 0 saturated carbocycles. The Morgan fingerprint density at radius 1 is 1.50 bits per heavy atom. The van der Waals surface area contributed by atoms with Crippen LogP contribution in [-0.2, 0) is 0 Å². The molecule has 0 fully saturated rings. The predicted molar refractivity (Wildman–Crippen MR) is 52.2 cm³/mol. The standard InChI is InChI=1S/C10H11N3O/c1-7(2)10(14)8-3-9-4-11-6-12-13(9)5-8/h3-7H,1-2H3. The van der Waals surface area contributed by atoms with Gasteiger partial charge in [0, 0.05) is 17.7 Å². The monoisotopic (exact) mass is 189 g/mol. The molecular weight excluding hydrogens is 178 g/mol. The predicted octanol–water partition coefficient (Wildman–Crippen LogP) is 1.57. The number of rotatable bonds is 2. The molecule has 2 rings (SSSR count). The largest absolute Gasteiger partial charge is 0.294 e. The Bertz CT molecular complexity index is 440. The van der Waals surface area contributed by atoms with E-state index in [1.807, 2.05) is 19.9 Å². The Kier molecular flexibility index (Phi) is 2.04. The molecule has 0 aliphatic carbocycles. The molecule has 0 aliphatic heterocycles. The number of fused-ring (bicyclic) bond motifs is 1. The summed E-state index contributed by atoms with van der Waals surface area (Å²) in [7, 11) is 0. The third-order valence-electron chi connectivity index (χ3n) is 2.09. The molecule has 0 unspecified atom stereocenters. The number of carbonyl (C=O) groups excluding carboxylic acids is 1. The second kappa shape index (κ2) is 3.21. The van der Waals surface area contributed by atoms with Gasteiger partial charge in [-0.2, -0.15) is 5.10 Å². The summed E-state index contributed by atoms with van der Waals surface area (Å²) < 4.78 is 1.66. The Hall–Kier alpha value is -1.71. The smallest absolute Gasteiger partial charge is 0.167 e. The quantitative estimate of drug-likeness (QED) is 0.673. The molecule has 0 radical (unpaired) electrons. The van der Waals surface area contributed by atoms with Crippen molar-refractivity contribution in [3.8, 4) is 0 Å². The molecule has 0 spiro atoms. The maximum atomic E-state index is 11.7. The van der Waals surface area contributed by atoms with Crippen LogP contribution < -0.4 is 0 Å². The second-order valence-corrected chi connectivity index (χ2v) is 3.53. The van der Waals surface area contributed by atoms with Gasteiger partial charge in [0.25, 0.3) is 0 Å². The Morgan fingerprint density at radius 2 is 2.29 bits per heavy atom. The maximum absolute atomic E-state index is 11.7. The first-order chi connectivity index (χ1) is 6.68. The average Bonchev–Trinajstić information content (AvgIpc) is 2.59. The normalized spacial score (nSPS) is 11.1. The summed E-state index contributed by atoms with van der Waals surface area (Å²) in [6.07, 6.45) is 4.88. The van der Waals surface area contributed by atoms with Crippen LogP contribution in [0.4, 0.5) is 0 Å². The molecule has 0 aliphatic rings. The van der Waals surface area contributed by atoms with Gasteiger partial charge >= 0.3 is 0 Å². The zero-order valence-corrected chi connectivity index (χ0v) is 8.14. The summed E-state index contributed by atoms with van der Waals surface area (Å²) in [4.78, 5) is 15.5. The van der Waals surface area contributed by atoms with E-state index < -0.39 is 0 Å². The fourth-order valence-corrected chi connectivity index (χ4v) is 1.33. The molecule has 2 aromatic heterocycles. The van der Waals surface area contributed by atoms with Crippen LogP contribution in [0.15, 0.2) is 24.8 Å². The van der Waals surface area contributed by atoms with Gasteiger partial charge in [-0.15, -0.1) is 0 Å². The first kappa shape index (κ1) is 8.87. The molecule has 0 saturated heterocycles. The summed E-state index contributed by atoms with van der Waals surface area (Å²) in [5, 5.41) is 4.00. The van der Waals surface area contributed by atoms with Crippen LogP contribution in [0.5, 0.6) is 0 Å². The highest BCUT2D eigenvalue weighted by atomic mass is 16.1. The fourth-order valence-electron chi connectivity index (χ4n) is 1.33. The van der Waals surface area contributed by atoms with Crippen LogP contribution in [-0.4, -0.2) is 20.4 Å². The zero-order chi connectivity index (χ0) is 10.1. The molecule has 0 N–H and O–H groups in total. The second-order valence-electron chi connectivity index (χ2n) is 3.53. The van der Waals surface area contributed by atoms with Crippen LogP contribution in [0.1, 0.15) is 24.2 Å². The molecule has 0 aromatic carbocycles. The third kappa shape index (κ3) is 1.39. The first-order valence-electron chi connectivity index (χ1n) is 4.51. The van der Waals surface area contributed by atoms with E-state index in [2.05, 4.69) is 10.1 Å². The molecule has 4 nitrogen and oxygen atoms in total. The van der Waals surface area contributed by atoms with Gasteiger partial charge in [0.05, 0.1) is 11.7 Å². The lowest BCUT2D eigenvalue weighted by Crippen LogP contribution is -2.05. The van der Waals surface area contributed by atoms with Crippen molar-refractivity contribution in [2.45, 2.75) is 13.8 Å². The molecule has 0 atom stereocenters. The Balaban J connectivity index is 2.50. The fraction of sp³-hybridized carbons (Fsp3) is 0.300. The van der Waals surface area contributed by atoms with E-state index in [9.17, 15) is 4.79 Å². The third-order valence-corrected chi connectivity index (χ3v) is 2.09. The van der Waals surface area contributed by atoms with E-state index in [4.69, 9.17) is 0 Å². The summed E-state index contributed by atoms with van der Waals surface area (Å²) >= 11 is 0. The van der Waals surface area contributed by atoms with Crippen molar-refractivity contribution in [3.05, 3.63) is 30.4 Å². The summed E-state index contributed by atoms with van der Waals surface area (Å²) in [5.74, 6) is 0.149. The van der Waals surface area contributed by atoms with Crippen LogP contribution in [0, 0.1) is 5.92 Å². The van der Waals surface area contributed by atoms with Gasteiger partial charge < -0.3 is 0 Å². The van der Waals surface area contributed by atoms with Gasteiger partial charge in [0.2, 0.25) is 0 Å². The Labute approximate surface area is 81.6 Å². The summed E-state index contributed by atoms with van der Waals surface area (Å²) in [5.41, 5.74) is 1.54. The molecule has 2 aromatic rings. The van der Waals surface area contributed by atoms with Crippen LogP contribution in [0.3, 0.4) is 0 Å². The Morgan fingerprint density at radius 3 is 2.93 bits per heavy atom. The number of hydrogen-bond acceptors (Lipinski definition) is 3. The minimum absolute atomic E-state index is 0.0142. The molecule has 0 bridgehead atoms. The van der Waals surface area contributed by atoms with Crippen molar-refractivity contribution >= 4 is 11.3 Å². The highest BCUT2D eigenvalue weighted by Crippen LogP contribution is 2.11. The van der Waals surface area contributed by atoms with Crippen LogP contribution in [0.25, 0.3) is 5.52 Å². The van der Waals surface area contributed by atoms with Crippen LogP contribution in [0.2, 0.25) is 0 Å². The van der Waals surface area contributed by atoms with E-state index in [0.29, 0.717) is 5.56 Å². The number of Topliss-reactive ketones (excluding diaryl/α,β-unsaturated/α-hetero) is 1.